The molecule has 19 heavy (non-hydrogen) atoms. The lowest BCUT2D eigenvalue weighted by atomic mass is 9.96. The largest absolute Gasteiger partial charge is 0.465 e. The van der Waals surface area contributed by atoms with Gasteiger partial charge >= 0.3 is 5.97 Å². The van der Waals surface area contributed by atoms with Gasteiger partial charge in [-0.05, 0) is 12.7 Å². The second-order valence-electron chi connectivity index (χ2n) is 5.33. The monoisotopic (exact) mass is 286 g/mol. The van der Waals surface area contributed by atoms with Crippen LogP contribution in [0.5, 0.6) is 0 Å². The van der Waals surface area contributed by atoms with Gasteiger partial charge in [-0.15, -0.1) is 0 Å². The van der Waals surface area contributed by atoms with E-state index in [1.54, 1.807) is 11.8 Å². The van der Waals surface area contributed by atoms with Crippen molar-refractivity contribution in [3.63, 3.8) is 0 Å². The summed E-state index contributed by atoms with van der Waals surface area (Å²) in [5, 5.41) is 3.94. The van der Waals surface area contributed by atoms with Crippen LogP contribution < -0.4 is 0 Å². The highest BCUT2D eigenvalue weighted by atomic mass is 32.2. The van der Waals surface area contributed by atoms with Crippen LogP contribution in [0.1, 0.15) is 45.3 Å². The molecule has 0 N–H and O–H groups in total. The number of aromatic nitrogens is 2. The van der Waals surface area contributed by atoms with Gasteiger partial charge in [0.2, 0.25) is 5.89 Å². The van der Waals surface area contributed by atoms with Gasteiger partial charge in [-0.1, -0.05) is 25.9 Å². The van der Waals surface area contributed by atoms with Crippen molar-refractivity contribution in [2.75, 3.05) is 18.6 Å². The Morgan fingerprint density at radius 3 is 2.74 bits per heavy atom. The van der Waals surface area contributed by atoms with Crippen LogP contribution in [0, 0.1) is 0 Å². The molecule has 0 spiro atoms. The second kappa shape index (κ2) is 7.53. The molecular weight excluding hydrogens is 264 g/mol. The summed E-state index contributed by atoms with van der Waals surface area (Å²) in [6.45, 7) is 6.58. The number of rotatable bonds is 7. The molecule has 1 aromatic rings. The van der Waals surface area contributed by atoms with Gasteiger partial charge in [-0.3, -0.25) is 4.79 Å². The van der Waals surface area contributed by atoms with Crippen molar-refractivity contribution in [3.05, 3.63) is 11.7 Å². The molecule has 0 atom stereocenters. The first-order valence-electron chi connectivity index (χ1n) is 6.41. The smallest absolute Gasteiger partial charge is 0.305 e. The van der Waals surface area contributed by atoms with Crippen LogP contribution in [-0.2, 0) is 21.4 Å². The Bertz CT molecular complexity index is 399. The summed E-state index contributed by atoms with van der Waals surface area (Å²) in [7, 11) is 0. The Morgan fingerprint density at radius 2 is 2.16 bits per heavy atom. The zero-order valence-electron chi connectivity index (χ0n) is 12.1. The Labute approximate surface area is 118 Å². The van der Waals surface area contributed by atoms with E-state index in [1.165, 1.54) is 0 Å². The maximum Gasteiger partial charge on any atom is 0.305 e. The van der Waals surface area contributed by atoms with E-state index in [2.05, 4.69) is 10.1 Å². The standard InChI is InChI=1S/C13H22N2O3S/c1-13(2,3)12-14-10(18-15-12)6-5-7-11(16)17-8-9-19-4/h5-9H2,1-4H3. The maximum absolute atomic E-state index is 11.4. The minimum atomic E-state index is -0.162. The highest BCUT2D eigenvalue weighted by Crippen LogP contribution is 2.18. The maximum atomic E-state index is 11.4. The second-order valence-corrected chi connectivity index (χ2v) is 6.31. The van der Waals surface area contributed by atoms with Crippen LogP contribution in [0.3, 0.4) is 0 Å². The van der Waals surface area contributed by atoms with Gasteiger partial charge in [0.05, 0.1) is 0 Å². The summed E-state index contributed by atoms with van der Waals surface area (Å²) in [4.78, 5) is 15.7. The third-order valence-corrected chi connectivity index (χ3v) is 3.04. The minimum Gasteiger partial charge on any atom is -0.465 e. The van der Waals surface area contributed by atoms with Crippen molar-refractivity contribution in [1.82, 2.24) is 10.1 Å². The number of carbonyl (C=O) groups excluding carboxylic acids is 1. The molecule has 0 bridgehead atoms. The van der Waals surface area contributed by atoms with Gasteiger partial charge < -0.3 is 9.26 Å². The molecule has 0 aliphatic carbocycles. The van der Waals surface area contributed by atoms with Crippen molar-refractivity contribution in [2.24, 2.45) is 0 Å². The van der Waals surface area contributed by atoms with Crippen molar-refractivity contribution in [1.29, 1.82) is 0 Å². The molecule has 0 unspecified atom stereocenters. The van der Waals surface area contributed by atoms with Gasteiger partial charge in [-0.2, -0.15) is 16.7 Å². The molecule has 0 radical (unpaired) electrons. The van der Waals surface area contributed by atoms with Crippen LogP contribution in [-0.4, -0.2) is 34.7 Å². The molecule has 108 valence electrons. The predicted molar refractivity (Wildman–Crippen MR) is 75.3 cm³/mol. The summed E-state index contributed by atoms with van der Waals surface area (Å²) < 4.78 is 10.2. The first-order chi connectivity index (χ1) is 8.93. The molecule has 1 aromatic heterocycles. The Hall–Kier alpha value is -1.04. The lowest BCUT2D eigenvalue weighted by Crippen LogP contribution is -2.13. The number of nitrogens with zero attached hydrogens (tertiary/aromatic N) is 2. The normalized spacial score (nSPS) is 11.6. The number of esters is 1. The fourth-order valence-corrected chi connectivity index (χ4v) is 1.61. The summed E-state index contributed by atoms with van der Waals surface area (Å²) in [6, 6.07) is 0. The van der Waals surface area contributed by atoms with Crippen LogP contribution in [0.4, 0.5) is 0 Å². The Morgan fingerprint density at radius 1 is 1.42 bits per heavy atom. The van der Waals surface area contributed by atoms with E-state index >= 15 is 0 Å². The van der Waals surface area contributed by atoms with Crippen LogP contribution in [0.15, 0.2) is 4.52 Å². The number of aryl methyl sites for hydroxylation is 1. The molecule has 0 aromatic carbocycles. The molecule has 1 heterocycles. The van der Waals surface area contributed by atoms with Gasteiger partial charge in [0.1, 0.15) is 6.61 Å². The average Bonchev–Trinajstić information content (AvgIpc) is 2.78. The van der Waals surface area contributed by atoms with Crippen molar-refractivity contribution in [3.8, 4) is 0 Å². The number of carbonyl (C=O) groups is 1. The minimum absolute atomic E-state index is 0.113. The number of hydrogen-bond acceptors (Lipinski definition) is 6. The van der Waals surface area contributed by atoms with Crippen LogP contribution in [0.2, 0.25) is 0 Å². The molecule has 0 amide bonds. The summed E-state index contributed by atoms with van der Waals surface area (Å²) in [5.74, 6) is 1.96. The fourth-order valence-electron chi connectivity index (χ4n) is 1.36. The van der Waals surface area contributed by atoms with E-state index in [1.807, 2.05) is 27.0 Å². The van der Waals surface area contributed by atoms with Gasteiger partial charge in [0, 0.05) is 24.0 Å². The molecule has 0 fully saturated rings. The number of ether oxygens (including phenoxy) is 1. The van der Waals surface area contributed by atoms with E-state index in [0.29, 0.717) is 37.6 Å². The molecule has 0 aliphatic heterocycles. The van der Waals surface area contributed by atoms with E-state index in [4.69, 9.17) is 9.26 Å². The van der Waals surface area contributed by atoms with E-state index in [9.17, 15) is 4.79 Å². The third-order valence-electron chi connectivity index (χ3n) is 2.46. The summed E-state index contributed by atoms with van der Waals surface area (Å²) in [5.41, 5.74) is -0.113. The number of hydrogen-bond donors (Lipinski definition) is 0. The highest BCUT2D eigenvalue weighted by molar-refractivity contribution is 7.98. The molecule has 0 aliphatic rings. The van der Waals surface area contributed by atoms with Gasteiger partial charge in [0.25, 0.3) is 0 Å². The lowest BCUT2D eigenvalue weighted by Gasteiger charge is -2.10. The van der Waals surface area contributed by atoms with Crippen LogP contribution >= 0.6 is 11.8 Å². The molecular formula is C13H22N2O3S. The van der Waals surface area contributed by atoms with Gasteiger partial charge in [-0.25, -0.2) is 0 Å². The van der Waals surface area contributed by atoms with Crippen molar-refractivity contribution in [2.45, 2.75) is 45.4 Å². The highest BCUT2D eigenvalue weighted by Gasteiger charge is 2.20. The quantitative estimate of drug-likeness (QED) is 0.567. The first kappa shape index (κ1) is 16.0. The van der Waals surface area contributed by atoms with Gasteiger partial charge in [0.15, 0.2) is 5.82 Å². The Kier molecular flexibility index (Phi) is 6.34. The van der Waals surface area contributed by atoms with E-state index in [0.717, 1.165) is 5.75 Å². The average molecular weight is 286 g/mol. The SMILES string of the molecule is CSCCOC(=O)CCCc1nc(C(C)(C)C)no1. The zero-order valence-corrected chi connectivity index (χ0v) is 12.9. The fraction of sp³-hybridized carbons (Fsp3) is 0.769. The predicted octanol–water partition coefficient (Wildman–Crippen LogP) is 2.60. The Balaban J connectivity index is 2.26. The van der Waals surface area contributed by atoms with E-state index < -0.39 is 0 Å². The molecule has 1 rings (SSSR count). The summed E-state index contributed by atoms with van der Waals surface area (Å²) in [6.07, 6.45) is 3.66. The van der Waals surface area contributed by atoms with Crippen LogP contribution in [0.25, 0.3) is 0 Å². The lowest BCUT2D eigenvalue weighted by molar-refractivity contribution is -0.143. The molecule has 0 saturated heterocycles. The third kappa shape index (κ3) is 6.09. The van der Waals surface area contributed by atoms with Crippen molar-refractivity contribution >= 4 is 17.7 Å². The topological polar surface area (TPSA) is 65.2 Å². The molecule has 0 saturated carbocycles. The number of thioether (sulfide) groups is 1. The zero-order chi connectivity index (χ0) is 14.3. The molecule has 5 nitrogen and oxygen atoms in total. The molecule has 6 heteroatoms. The van der Waals surface area contributed by atoms with Crippen molar-refractivity contribution < 1.29 is 14.1 Å². The first-order valence-corrected chi connectivity index (χ1v) is 7.80. The summed E-state index contributed by atoms with van der Waals surface area (Å²) >= 11 is 1.66. The van der Waals surface area contributed by atoms with E-state index in [-0.39, 0.29) is 11.4 Å².